The van der Waals surface area contributed by atoms with Gasteiger partial charge in [0.15, 0.2) is 0 Å². The molecule has 1 heterocycles. The molecule has 0 radical (unpaired) electrons. The molecule has 13 heavy (non-hydrogen) atoms. The summed E-state index contributed by atoms with van der Waals surface area (Å²) >= 11 is 0. The number of aryl methyl sites for hydroxylation is 2. The number of benzene rings is 1. The molecule has 0 saturated heterocycles. The zero-order chi connectivity index (χ0) is 8.55. The third-order valence-electron chi connectivity index (χ3n) is 2.11. The zero-order valence-electron chi connectivity index (χ0n) is 7.75. The van der Waals surface area contributed by atoms with E-state index < -0.39 is 0 Å². The van der Waals surface area contributed by atoms with Crippen LogP contribution in [0.25, 0.3) is 11.1 Å². The van der Waals surface area contributed by atoms with Gasteiger partial charge in [0.25, 0.3) is 5.52 Å². The molecule has 0 aliphatic heterocycles. The molecule has 1 aromatic heterocycles. The molecule has 0 N–H and O–H groups in total. The Bertz CT molecular complexity index is 408. The Hall–Kier alpha value is -1.02. The normalized spacial score (nSPS) is 10.0. The third kappa shape index (κ3) is 1.54. The molecule has 0 atom stereocenters. The van der Waals surface area contributed by atoms with Crippen molar-refractivity contribution in [2.45, 2.75) is 20.4 Å². The van der Waals surface area contributed by atoms with E-state index in [1.807, 2.05) is 25.1 Å². The lowest BCUT2D eigenvalue weighted by Gasteiger charge is -1.85. The summed E-state index contributed by atoms with van der Waals surface area (Å²) in [5, 5.41) is 0. The molecule has 0 spiro atoms. The fraction of sp³-hybridized carbons (Fsp3) is 0.300. The van der Waals surface area contributed by atoms with Crippen molar-refractivity contribution in [2.24, 2.45) is 0 Å². The van der Waals surface area contributed by atoms with Gasteiger partial charge in [0.05, 0.1) is 6.92 Å². The number of para-hydroxylation sites is 2. The SMILES string of the molecule is CC[n+]1c(C)oc2ccccc21.[Cl-]. The first-order valence-electron chi connectivity index (χ1n) is 4.21. The van der Waals surface area contributed by atoms with E-state index >= 15 is 0 Å². The van der Waals surface area contributed by atoms with Gasteiger partial charge in [-0.05, 0) is 13.0 Å². The molecule has 1 aromatic carbocycles. The van der Waals surface area contributed by atoms with E-state index in [4.69, 9.17) is 4.42 Å². The molecule has 2 rings (SSSR count). The molecule has 0 unspecified atom stereocenters. The average Bonchev–Trinajstić information content (AvgIpc) is 2.40. The minimum Gasteiger partial charge on any atom is -1.00 e. The van der Waals surface area contributed by atoms with Gasteiger partial charge in [-0.3, -0.25) is 0 Å². The number of oxazole rings is 1. The summed E-state index contributed by atoms with van der Waals surface area (Å²) in [5.41, 5.74) is 2.15. The van der Waals surface area contributed by atoms with E-state index in [0.717, 1.165) is 18.0 Å². The molecular formula is C10H12ClNO. The second kappa shape index (κ2) is 3.79. The number of hydrogen-bond acceptors (Lipinski definition) is 1. The van der Waals surface area contributed by atoms with Crippen LogP contribution in [0.4, 0.5) is 0 Å². The molecular weight excluding hydrogens is 186 g/mol. The van der Waals surface area contributed by atoms with Gasteiger partial charge in [-0.15, -0.1) is 0 Å². The minimum atomic E-state index is 0. The highest BCUT2D eigenvalue weighted by atomic mass is 35.5. The van der Waals surface area contributed by atoms with Gasteiger partial charge >= 0.3 is 5.89 Å². The number of fused-ring (bicyclic) bond motifs is 1. The second-order valence-electron chi connectivity index (χ2n) is 2.83. The van der Waals surface area contributed by atoms with Gasteiger partial charge in [-0.25, -0.2) is 0 Å². The van der Waals surface area contributed by atoms with Crippen molar-refractivity contribution in [3.63, 3.8) is 0 Å². The number of nitrogens with zero attached hydrogens (tertiary/aromatic N) is 1. The summed E-state index contributed by atoms with van der Waals surface area (Å²) in [7, 11) is 0. The predicted octanol–water partition coefficient (Wildman–Crippen LogP) is -0.947. The van der Waals surface area contributed by atoms with Crippen LogP contribution in [0.5, 0.6) is 0 Å². The van der Waals surface area contributed by atoms with Gasteiger partial charge in [0, 0.05) is 6.07 Å². The number of halogens is 1. The van der Waals surface area contributed by atoms with Crippen LogP contribution in [0.2, 0.25) is 0 Å². The zero-order valence-corrected chi connectivity index (χ0v) is 8.51. The number of hydrogen-bond donors (Lipinski definition) is 0. The molecule has 2 nitrogen and oxygen atoms in total. The Kier molecular flexibility index (Phi) is 2.94. The van der Waals surface area contributed by atoms with Gasteiger partial charge in [-0.1, -0.05) is 12.1 Å². The van der Waals surface area contributed by atoms with Crippen LogP contribution >= 0.6 is 0 Å². The fourth-order valence-electron chi connectivity index (χ4n) is 1.54. The topological polar surface area (TPSA) is 17.0 Å². The number of aromatic nitrogens is 1. The molecule has 2 aromatic rings. The maximum absolute atomic E-state index is 5.55. The van der Waals surface area contributed by atoms with Crippen LogP contribution in [-0.2, 0) is 6.54 Å². The molecule has 0 bridgehead atoms. The quantitative estimate of drug-likeness (QED) is 0.539. The highest BCUT2D eigenvalue weighted by Crippen LogP contribution is 2.11. The summed E-state index contributed by atoms with van der Waals surface area (Å²) < 4.78 is 7.71. The molecule has 3 heteroatoms. The average molecular weight is 198 g/mol. The summed E-state index contributed by atoms with van der Waals surface area (Å²) in [6, 6.07) is 8.10. The van der Waals surface area contributed by atoms with Gasteiger partial charge < -0.3 is 16.8 Å². The van der Waals surface area contributed by atoms with Gasteiger partial charge in [-0.2, -0.15) is 4.57 Å². The predicted molar refractivity (Wildman–Crippen MR) is 46.8 cm³/mol. The van der Waals surface area contributed by atoms with Crippen LogP contribution in [0, 0.1) is 6.92 Å². The molecule has 0 aliphatic rings. The molecule has 0 saturated carbocycles. The Morgan fingerprint density at radius 3 is 2.69 bits per heavy atom. The van der Waals surface area contributed by atoms with Crippen molar-refractivity contribution in [2.75, 3.05) is 0 Å². The monoisotopic (exact) mass is 197 g/mol. The Labute approximate surface area is 83.6 Å². The van der Waals surface area contributed by atoms with E-state index in [9.17, 15) is 0 Å². The van der Waals surface area contributed by atoms with Crippen LogP contribution < -0.4 is 17.0 Å². The largest absolute Gasteiger partial charge is 1.00 e. The molecule has 0 fully saturated rings. The first kappa shape index (κ1) is 10.1. The smallest absolute Gasteiger partial charge is 0.344 e. The van der Waals surface area contributed by atoms with E-state index in [-0.39, 0.29) is 12.4 Å². The lowest BCUT2D eigenvalue weighted by molar-refractivity contribution is -0.679. The summed E-state index contributed by atoms with van der Waals surface area (Å²) in [4.78, 5) is 0. The first-order valence-corrected chi connectivity index (χ1v) is 4.21. The van der Waals surface area contributed by atoms with E-state index in [1.54, 1.807) is 0 Å². The first-order chi connectivity index (χ1) is 5.83. The van der Waals surface area contributed by atoms with E-state index in [1.165, 1.54) is 5.52 Å². The van der Waals surface area contributed by atoms with Crippen molar-refractivity contribution in [3.05, 3.63) is 30.2 Å². The van der Waals surface area contributed by atoms with Crippen LogP contribution in [-0.4, -0.2) is 0 Å². The third-order valence-corrected chi connectivity index (χ3v) is 2.11. The summed E-state index contributed by atoms with van der Waals surface area (Å²) in [5.74, 6) is 0.971. The molecule has 0 amide bonds. The van der Waals surface area contributed by atoms with E-state index in [2.05, 4.69) is 17.6 Å². The Morgan fingerprint density at radius 1 is 1.31 bits per heavy atom. The van der Waals surface area contributed by atoms with Crippen molar-refractivity contribution in [1.29, 1.82) is 0 Å². The fourth-order valence-corrected chi connectivity index (χ4v) is 1.54. The van der Waals surface area contributed by atoms with Crippen molar-refractivity contribution < 1.29 is 21.4 Å². The Morgan fingerprint density at radius 2 is 2.00 bits per heavy atom. The van der Waals surface area contributed by atoms with Gasteiger partial charge in [0.1, 0.15) is 6.54 Å². The highest BCUT2D eigenvalue weighted by molar-refractivity contribution is 5.68. The van der Waals surface area contributed by atoms with Crippen molar-refractivity contribution in [3.8, 4) is 0 Å². The minimum absolute atomic E-state index is 0. The van der Waals surface area contributed by atoms with Crippen LogP contribution in [0.1, 0.15) is 12.8 Å². The van der Waals surface area contributed by atoms with Crippen molar-refractivity contribution >= 4 is 11.1 Å². The highest BCUT2D eigenvalue weighted by Gasteiger charge is 2.15. The maximum atomic E-state index is 5.55. The summed E-state index contributed by atoms with van der Waals surface area (Å²) in [6.07, 6.45) is 0. The second-order valence-corrected chi connectivity index (χ2v) is 2.83. The molecule has 0 aliphatic carbocycles. The van der Waals surface area contributed by atoms with Crippen LogP contribution in [0.15, 0.2) is 28.7 Å². The van der Waals surface area contributed by atoms with Gasteiger partial charge in [0.2, 0.25) is 5.58 Å². The van der Waals surface area contributed by atoms with Crippen LogP contribution in [0.3, 0.4) is 0 Å². The molecule has 70 valence electrons. The van der Waals surface area contributed by atoms with E-state index in [0.29, 0.717) is 0 Å². The number of rotatable bonds is 1. The summed E-state index contributed by atoms with van der Waals surface area (Å²) in [6.45, 7) is 5.07. The maximum Gasteiger partial charge on any atom is 0.344 e. The standard InChI is InChI=1S/C10H12NO.ClH/c1-3-11-8(2)12-10-7-5-4-6-9(10)11;/h4-7H,3H2,1-2H3;1H/q+1;/p-1. The lowest BCUT2D eigenvalue weighted by Crippen LogP contribution is -3.00. The Balaban J connectivity index is 0.000000845. The van der Waals surface area contributed by atoms with Crippen molar-refractivity contribution in [1.82, 2.24) is 0 Å². The lowest BCUT2D eigenvalue weighted by atomic mass is 10.3.